The second kappa shape index (κ2) is 9.08. The Kier molecular flexibility index (Phi) is 6.83. The SMILES string of the molecule is CNC(=O)[C@H](C)N(Cc1cccc(Cl)c1)C(=O)COc1ccccc1. The predicted molar refractivity (Wildman–Crippen MR) is 97.5 cm³/mol. The molecule has 25 heavy (non-hydrogen) atoms. The molecule has 0 saturated heterocycles. The summed E-state index contributed by atoms with van der Waals surface area (Å²) in [5.74, 6) is 0.0844. The molecular formula is C19H21ClN2O3. The van der Waals surface area contributed by atoms with Gasteiger partial charge in [0.05, 0.1) is 0 Å². The lowest BCUT2D eigenvalue weighted by atomic mass is 10.1. The van der Waals surface area contributed by atoms with Crippen LogP contribution < -0.4 is 10.1 Å². The van der Waals surface area contributed by atoms with E-state index in [0.29, 0.717) is 10.8 Å². The van der Waals surface area contributed by atoms with Crippen LogP contribution in [0, 0.1) is 0 Å². The molecule has 0 bridgehead atoms. The zero-order valence-corrected chi connectivity index (χ0v) is 15.0. The maximum atomic E-state index is 12.7. The normalized spacial score (nSPS) is 11.5. The highest BCUT2D eigenvalue weighted by Crippen LogP contribution is 2.15. The number of hydrogen-bond acceptors (Lipinski definition) is 3. The van der Waals surface area contributed by atoms with Crippen LogP contribution in [0.1, 0.15) is 12.5 Å². The number of carbonyl (C=O) groups is 2. The minimum atomic E-state index is -0.629. The second-order valence-corrected chi connectivity index (χ2v) is 5.98. The van der Waals surface area contributed by atoms with Crippen molar-refractivity contribution in [1.82, 2.24) is 10.2 Å². The van der Waals surface area contributed by atoms with E-state index in [0.717, 1.165) is 5.56 Å². The number of nitrogens with zero attached hydrogens (tertiary/aromatic N) is 1. The van der Waals surface area contributed by atoms with Crippen LogP contribution in [0.3, 0.4) is 0 Å². The minimum Gasteiger partial charge on any atom is -0.484 e. The van der Waals surface area contributed by atoms with Gasteiger partial charge in [-0.05, 0) is 36.8 Å². The van der Waals surface area contributed by atoms with Crippen molar-refractivity contribution >= 4 is 23.4 Å². The Morgan fingerprint density at radius 3 is 2.52 bits per heavy atom. The number of halogens is 1. The molecule has 0 radical (unpaired) electrons. The monoisotopic (exact) mass is 360 g/mol. The largest absolute Gasteiger partial charge is 0.484 e. The molecule has 5 nitrogen and oxygen atoms in total. The van der Waals surface area contributed by atoms with Gasteiger partial charge in [0.2, 0.25) is 5.91 Å². The third kappa shape index (κ3) is 5.50. The van der Waals surface area contributed by atoms with Gasteiger partial charge in [-0.2, -0.15) is 0 Å². The summed E-state index contributed by atoms with van der Waals surface area (Å²) in [4.78, 5) is 26.2. The summed E-state index contributed by atoms with van der Waals surface area (Å²) in [5, 5.41) is 3.15. The average Bonchev–Trinajstić information content (AvgIpc) is 2.64. The lowest BCUT2D eigenvalue weighted by Crippen LogP contribution is -2.48. The molecule has 0 aliphatic carbocycles. The summed E-state index contributed by atoms with van der Waals surface area (Å²) in [6.07, 6.45) is 0. The number of amides is 2. The standard InChI is InChI=1S/C19H21ClN2O3/c1-14(19(24)21-2)22(12-15-7-6-8-16(20)11-15)18(23)13-25-17-9-4-3-5-10-17/h3-11,14H,12-13H2,1-2H3,(H,21,24)/t14-/m0/s1. The summed E-state index contributed by atoms with van der Waals surface area (Å²) in [5.41, 5.74) is 0.844. The summed E-state index contributed by atoms with van der Waals surface area (Å²) < 4.78 is 5.52. The highest BCUT2D eigenvalue weighted by atomic mass is 35.5. The van der Waals surface area contributed by atoms with Crippen molar-refractivity contribution in [1.29, 1.82) is 0 Å². The molecule has 0 heterocycles. The highest BCUT2D eigenvalue weighted by Gasteiger charge is 2.25. The van der Waals surface area contributed by atoms with E-state index in [-0.39, 0.29) is 25.0 Å². The number of nitrogens with one attached hydrogen (secondary N) is 1. The van der Waals surface area contributed by atoms with Crippen LogP contribution >= 0.6 is 11.6 Å². The first-order valence-corrected chi connectivity index (χ1v) is 8.32. The zero-order chi connectivity index (χ0) is 18.2. The highest BCUT2D eigenvalue weighted by molar-refractivity contribution is 6.30. The Balaban J connectivity index is 2.12. The van der Waals surface area contributed by atoms with Gasteiger partial charge in [0, 0.05) is 18.6 Å². The summed E-state index contributed by atoms with van der Waals surface area (Å²) >= 11 is 6.01. The van der Waals surface area contributed by atoms with Crippen molar-refractivity contribution < 1.29 is 14.3 Å². The Bertz CT molecular complexity index is 722. The number of benzene rings is 2. The van der Waals surface area contributed by atoms with Gasteiger partial charge in [-0.3, -0.25) is 9.59 Å². The number of ether oxygens (including phenoxy) is 1. The van der Waals surface area contributed by atoms with E-state index in [2.05, 4.69) is 5.32 Å². The van der Waals surface area contributed by atoms with Gasteiger partial charge in [0.15, 0.2) is 6.61 Å². The molecule has 2 aromatic carbocycles. The van der Waals surface area contributed by atoms with E-state index in [9.17, 15) is 9.59 Å². The molecule has 132 valence electrons. The quantitative estimate of drug-likeness (QED) is 0.826. The lowest BCUT2D eigenvalue weighted by Gasteiger charge is -2.28. The second-order valence-electron chi connectivity index (χ2n) is 5.54. The molecular weight excluding hydrogens is 340 g/mol. The molecule has 0 fully saturated rings. The smallest absolute Gasteiger partial charge is 0.261 e. The fraction of sp³-hybridized carbons (Fsp3) is 0.263. The van der Waals surface area contributed by atoms with Crippen LogP contribution in [0.4, 0.5) is 0 Å². The van der Waals surface area contributed by atoms with Crippen LogP contribution in [-0.4, -0.2) is 36.4 Å². The molecule has 0 unspecified atom stereocenters. The molecule has 2 amide bonds. The Morgan fingerprint density at radius 1 is 1.16 bits per heavy atom. The number of carbonyl (C=O) groups excluding carboxylic acids is 2. The van der Waals surface area contributed by atoms with Gasteiger partial charge >= 0.3 is 0 Å². The lowest BCUT2D eigenvalue weighted by molar-refractivity contribution is -0.142. The Hall–Kier alpha value is -2.53. The van der Waals surface area contributed by atoms with E-state index < -0.39 is 6.04 Å². The van der Waals surface area contributed by atoms with Crippen LogP contribution in [0.2, 0.25) is 5.02 Å². The van der Waals surface area contributed by atoms with Crippen molar-refractivity contribution in [3.63, 3.8) is 0 Å². The van der Waals surface area contributed by atoms with E-state index in [4.69, 9.17) is 16.3 Å². The molecule has 0 spiro atoms. The van der Waals surface area contributed by atoms with Gasteiger partial charge in [0.1, 0.15) is 11.8 Å². The van der Waals surface area contributed by atoms with Crippen molar-refractivity contribution in [2.45, 2.75) is 19.5 Å². The van der Waals surface area contributed by atoms with E-state index >= 15 is 0 Å². The summed E-state index contributed by atoms with van der Waals surface area (Å²) in [7, 11) is 1.54. The van der Waals surface area contributed by atoms with Gasteiger partial charge in [-0.15, -0.1) is 0 Å². The number of para-hydroxylation sites is 1. The summed E-state index contributed by atoms with van der Waals surface area (Å²) in [6, 6.07) is 15.7. The van der Waals surface area contributed by atoms with Crippen molar-refractivity contribution in [2.24, 2.45) is 0 Å². The first kappa shape index (κ1) is 18.8. The molecule has 1 atom stereocenters. The molecule has 0 saturated carbocycles. The first-order chi connectivity index (χ1) is 12.0. The van der Waals surface area contributed by atoms with Crippen LogP contribution in [0.25, 0.3) is 0 Å². The fourth-order valence-electron chi connectivity index (χ4n) is 2.37. The molecule has 0 aliphatic heterocycles. The van der Waals surface area contributed by atoms with E-state index in [1.807, 2.05) is 30.3 Å². The van der Waals surface area contributed by atoms with Crippen molar-refractivity contribution in [2.75, 3.05) is 13.7 Å². The van der Waals surface area contributed by atoms with E-state index in [1.54, 1.807) is 38.2 Å². The number of rotatable bonds is 7. The van der Waals surface area contributed by atoms with Crippen molar-refractivity contribution in [3.8, 4) is 5.75 Å². The van der Waals surface area contributed by atoms with Gasteiger partial charge in [-0.25, -0.2) is 0 Å². The Labute approximate surface area is 152 Å². The van der Waals surface area contributed by atoms with Crippen LogP contribution in [0.5, 0.6) is 5.75 Å². The zero-order valence-electron chi connectivity index (χ0n) is 14.2. The minimum absolute atomic E-state index is 0.147. The molecule has 6 heteroatoms. The third-order valence-corrected chi connectivity index (χ3v) is 4.00. The van der Waals surface area contributed by atoms with Crippen LogP contribution in [0.15, 0.2) is 54.6 Å². The fourth-order valence-corrected chi connectivity index (χ4v) is 2.58. The maximum Gasteiger partial charge on any atom is 0.261 e. The van der Waals surface area contributed by atoms with Crippen LogP contribution in [-0.2, 0) is 16.1 Å². The molecule has 0 aromatic heterocycles. The average molecular weight is 361 g/mol. The topological polar surface area (TPSA) is 58.6 Å². The molecule has 2 aromatic rings. The van der Waals surface area contributed by atoms with Gasteiger partial charge in [-0.1, -0.05) is 41.9 Å². The third-order valence-electron chi connectivity index (χ3n) is 3.76. The summed E-state index contributed by atoms with van der Waals surface area (Å²) in [6.45, 7) is 1.81. The predicted octanol–water partition coefficient (Wildman–Crippen LogP) is 2.88. The number of likely N-dealkylation sites (N-methyl/N-ethyl adjacent to an activating group) is 1. The molecule has 1 N–H and O–H groups in total. The van der Waals surface area contributed by atoms with Gasteiger partial charge in [0.25, 0.3) is 5.91 Å². The van der Waals surface area contributed by atoms with Gasteiger partial charge < -0.3 is 15.0 Å². The molecule has 2 rings (SSSR count). The van der Waals surface area contributed by atoms with Crippen molar-refractivity contribution in [3.05, 3.63) is 65.2 Å². The molecule has 0 aliphatic rings. The maximum absolute atomic E-state index is 12.7. The number of hydrogen-bond donors (Lipinski definition) is 1. The first-order valence-electron chi connectivity index (χ1n) is 7.94. The Morgan fingerprint density at radius 2 is 1.88 bits per heavy atom. The van der Waals surface area contributed by atoms with E-state index in [1.165, 1.54) is 4.90 Å².